The lowest BCUT2D eigenvalue weighted by Crippen LogP contribution is -1.99. The molecule has 0 unspecified atom stereocenters. The van der Waals surface area contributed by atoms with Gasteiger partial charge in [0.1, 0.15) is 0 Å². The first-order valence-electron chi connectivity index (χ1n) is 6.85. The first-order chi connectivity index (χ1) is 9.70. The minimum atomic E-state index is -2.97. The quantitative estimate of drug-likeness (QED) is 0.372. The molecule has 5 heteroatoms. The van der Waals surface area contributed by atoms with Crippen LogP contribution in [0.5, 0.6) is 0 Å². The maximum absolute atomic E-state index is 12.1. The third kappa shape index (κ3) is 7.01. The summed E-state index contributed by atoms with van der Waals surface area (Å²) in [5.41, 5.74) is 1.13. The fourth-order valence-electron chi connectivity index (χ4n) is 1.63. The van der Waals surface area contributed by atoms with Crippen molar-refractivity contribution in [1.29, 1.82) is 0 Å². The average molecular weight is 298 g/mol. The third-order valence-corrected chi connectivity index (χ3v) is 4.43. The van der Waals surface area contributed by atoms with E-state index >= 15 is 0 Å². The Hall–Kier alpha value is -0.930. The molecule has 0 aliphatic rings. The lowest BCUT2D eigenvalue weighted by atomic mass is 10.2. The Balaban J connectivity index is 2.25. The molecule has 0 heterocycles. The average Bonchev–Trinajstić information content (AvgIpc) is 2.44. The molecular formula is C15H23O4P. The van der Waals surface area contributed by atoms with Crippen molar-refractivity contribution in [2.24, 2.45) is 0 Å². The fourth-order valence-corrected chi connectivity index (χ4v) is 3.11. The highest BCUT2D eigenvalue weighted by Gasteiger charge is 2.20. The molecule has 0 radical (unpaired) electrons. The Morgan fingerprint density at radius 1 is 1.05 bits per heavy atom. The summed E-state index contributed by atoms with van der Waals surface area (Å²) in [5.74, 6) is 0. The van der Waals surface area contributed by atoms with Crippen LogP contribution in [0.3, 0.4) is 0 Å². The van der Waals surface area contributed by atoms with Gasteiger partial charge in [0.25, 0.3) is 0 Å². The molecule has 20 heavy (non-hydrogen) atoms. The topological polar surface area (TPSA) is 44.8 Å². The smallest absolute Gasteiger partial charge is 0.334 e. The fraction of sp³-hybridized carbons (Fsp3) is 0.467. The standard InChI is InChI=1S/C15H23O4P/c1-3-18-20(16,19-4-2)13-9-8-12-17-14-15-10-6-5-7-11-15/h5-11H,3-4,12-14H2,1-2H3/b9-8-. The molecule has 0 bridgehead atoms. The maximum Gasteiger partial charge on any atom is 0.334 e. The van der Waals surface area contributed by atoms with Gasteiger partial charge in [0.15, 0.2) is 0 Å². The second-order valence-corrected chi connectivity index (χ2v) is 6.20. The van der Waals surface area contributed by atoms with Gasteiger partial charge in [-0.2, -0.15) is 0 Å². The third-order valence-electron chi connectivity index (χ3n) is 2.47. The van der Waals surface area contributed by atoms with E-state index in [1.807, 2.05) is 36.4 Å². The lowest BCUT2D eigenvalue weighted by molar-refractivity contribution is 0.148. The summed E-state index contributed by atoms with van der Waals surface area (Å²) in [6.07, 6.45) is 3.91. The highest BCUT2D eigenvalue weighted by atomic mass is 31.2. The largest absolute Gasteiger partial charge is 0.373 e. The van der Waals surface area contributed by atoms with Crippen molar-refractivity contribution in [1.82, 2.24) is 0 Å². The van der Waals surface area contributed by atoms with E-state index in [1.165, 1.54) is 0 Å². The zero-order chi connectivity index (χ0) is 14.7. The number of ether oxygens (including phenoxy) is 1. The maximum atomic E-state index is 12.1. The zero-order valence-electron chi connectivity index (χ0n) is 12.2. The van der Waals surface area contributed by atoms with E-state index in [1.54, 1.807) is 19.9 Å². The van der Waals surface area contributed by atoms with Gasteiger partial charge in [0.05, 0.1) is 32.6 Å². The molecule has 0 saturated carbocycles. The predicted octanol–water partition coefficient (Wildman–Crippen LogP) is 4.03. The van der Waals surface area contributed by atoms with Gasteiger partial charge in [-0.15, -0.1) is 0 Å². The van der Waals surface area contributed by atoms with E-state index in [2.05, 4.69) is 0 Å². The van der Waals surface area contributed by atoms with Crippen LogP contribution in [-0.4, -0.2) is 26.0 Å². The minimum Gasteiger partial charge on any atom is -0.373 e. The summed E-state index contributed by atoms with van der Waals surface area (Å²) in [6.45, 7) is 5.43. The van der Waals surface area contributed by atoms with Crippen LogP contribution in [0.25, 0.3) is 0 Å². The van der Waals surface area contributed by atoms with Crippen LogP contribution in [-0.2, 0) is 25.0 Å². The van der Waals surface area contributed by atoms with Crippen LogP contribution in [0.15, 0.2) is 42.5 Å². The summed E-state index contributed by atoms with van der Waals surface area (Å²) in [4.78, 5) is 0. The summed E-state index contributed by atoms with van der Waals surface area (Å²) < 4.78 is 28.0. The van der Waals surface area contributed by atoms with Crippen LogP contribution in [0, 0.1) is 0 Å². The van der Waals surface area contributed by atoms with E-state index in [9.17, 15) is 4.57 Å². The number of allylic oxidation sites excluding steroid dienone is 1. The molecule has 1 rings (SSSR count). The van der Waals surface area contributed by atoms with Crippen LogP contribution < -0.4 is 0 Å². The van der Waals surface area contributed by atoms with Crippen molar-refractivity contribution >= 4 is 7.60 Å². The summed E-state index contributed by atoms with van der Waals surface area (Å²) in [7, 11) is -2.97. The minimum absolute atomic E-state index is 0.281. The molecule has 4 nitrogen and oxygen atoms in total. The van der Waals surface area contributed by atoms with Gasteiger partial charge >= 0.3 is 7.60 Å². The van der Waals surface area contributed by atoms with Crippen molar-refractivity contribution in [2.45, 2.75) is 20.5 Å². The van der Waals surface area contributed by atoms with Crippen molar-refractivity contribution in [3.8, 4) is 0 Å². The molecule has 0 aliphatic carbocycles. The van der Waals surface area contributed by atoms with Crippen molar-refractivity contribution in [3.05, 3.63) is 48.0 Å². The molecule has 1 aromatic rings. The molecule has 1 aromatic carbocycles. The number of hydrogen-bond donors (Lipinski definition) is 0. The van der Waals surface area contributed by atoms with E-state index in [0.29, 0.717) is 26.4 Å². The zero-order valence-corrected chi connectivity index (χ0v) is 13.1. The Morgan fingerprint density at radius 2 is 1.70 bits per heavy atom. The molecule has 0 spiro atoms. The molecule has 0 aliphatic heterocycles. The lowest BCUT2D eigenvalue weighted by Gasteiger charge is -2.14. The van der Waals surface area contributed by atoms with Crippen LogP contribution in [0.2, 0.25) is 0 Å². The van der Waals surface area contributed by atoms with Gasteiger partial charge in [-0.25, -0.2) is 0 Å². The van der Waals surface area contributed by atoms with Crippen LogP contribution in [0.1, 0.15) is 19.4 Å². The molecule has 0 atom stereocenters. The van der Waals surface area contributed by atoms with E-state index in [-0.39, 0.29) is 6.16 Å². The highest BCUT2D eigenvalue weighted by Crippen LogP contribution is 2.47. The van der Waals surface area contributed by atoms with E-state index < -0.39 is 7.60 Å². The SMILES string of the molecule is CCOP(=O)(C/C=C\COCc1ccccc1)OCC. The molecule has 0 N–H and O–H groups in total. The first kappa shape index (κ1) is 17.1. The molecule has 0 fully saturated rings. The number of benzene rings is 1. The van der Waals surface area contributed by atoms with Crippen LogP contribution in [0.4, 0.5) is 0 Å². The van der Waals surface area contributed by atoms with Crippen molar-refractivity contribution in [2.75, 3.05) is 26.0 Å². The second-order valence-electron chi connectivity index (χ2n) is 4.10. The predicted molar refractivity (Wildman–Crippen MR) is 81.0 cm³/mol. The number of hydrogen-bond acceptors (Lipinski definition) is 4. The van der Waals surface area contributed by atoms with Gasteiger partial charge in [-0.1, -0.05) is 42.5 Å². The summed E-state index contributed by atoms with van der Waals surface area (Å²) in [6, 6.07) is 9.97. The van der Waals surface area contributed by atoms with Gasteiger partial charge in [0, 0.05) is 0 Å². The second kappa shape index (κ2) is 9.89. The van der Waals surface area contributed by atoms with Gasteiger partial charge in [-0.3, -0.25) is 4.57 Å². The van der Waals surface area contributed by atoms with Gasteiger partial charge in [-0.05, 0) is 19.4 Å². The molecule has 0 amide bonds. The Bertz CT molecular complexity index is 421. The van der Waals surface area contributed by atoms with E-state index in [0.717, 1.165) is 5.56 Å². The van der Waals surface area contributed by atoms with E-state index in [4.69, 9.17) is 13.8 Å². The molecule has 112 valence electrons. The van der Waals surface area contributed by atoms with Crippen molar-refractivity contribution in [3.63, 3.8) is 0 Å². The molecule has 0 aromatic heterocycles. The first-order valence-corrected chi connectivity index (χ1v) is 8.57. The normalized spacial score (nSPS) is 12.1. The molecular weight excluding hydrogens is 275 g/mol. The summed E-state index contributed by atoms with van der Waals surface area (Å²) >= 11 is 0. The van der Waals surface area contributed by atoms with Crippen LogP contribution >= 0.6 is 7.60 Å². The Morgan fingerprint density at radius 3 is 2.30 bits per heavy atom. The van der Waals surface area contributed by atoms with Crippen molar-refractivity contribution < 1.29 is 18.3 Å². The van der Waals surface area contributed by atoms with Gasteiger partial charge < -0.3 is 13.8 Å². The number of rotatable bonds is 10. The molecule has 0 saturated heterocycles. The Labute approximate surface area is 121 Å². The summed E-state index contributed by atoms with van der Waals surface area (Å²) in [5, 5.41) is 0. The van der Waals surface area contributed by atoms with Gasteiger partial charge in [0.2, 0.25) is 0 Å². The highest BCUT2D eigenvalue weighted by molar-refractivity contribution is 7.54. The Kier molecular flexibility index (Phi) is 8.47. The monoisotopic (exact) mass is 298 g/mol.